The van der Waals surface area contributed by atoms with Crippen LogP contribution in [0.2, 0.25) is 0 Å². The summed E-state index contributed by atoms with van der Waals surface area (Å²) in [5.41, 5.74) is 0. The number of aromatic nitrogens is 1. The van der Waals surface area contributed by atoms with Gasteiger partial charge in [-0.25, -0.2) is 8.42 Å². The monoisotopic (exact) mass is 247 g/mol. The van der Waals surface area contributed by atoms with Crippen LogP contribution in [-0.2, 0) is 9.05 Å². The van der Waals surface area contributed by atoms with Crippen LogP contribution in [0, 0.1) is 6.92 Å². The quantitative estimate of drug-likeness (QED) is 0.761. The third kappa shape index (κ3) is 1.91. The Morgan fingerprint density at radius 1 is 1.40 bits per heavy atom. The van der Waals surface area contributed by atoms with Crippen molar-refractivity contribution in [3.63, 3.8) is 0 Å². The Kier molecular flexibility index (Phi) is 2.32. The van der Waals surface area contributed by atoms with Crippen molar-refractivity contribution in [3.8, 4) is 11.5 Å². The number of hydrogen-bond donors (Lipinski definition) is 0. The second-order valence-corrected chi connectivity index (χ2v) is 5.40. The average molecular weight is 248 g/mol. The van der Waals surface area contributed by atoms with Crippen LogP contribution in [0.4, 0.5) is 0 Å². The number of furan rings is 1. The lowest BCUT2D eigenvalue weighted by atomic mass is 10.3. The molecule has 0 atom stereocenters. The Morgan fingerprint density at radius 2 is 2.13 bits per heavy atom. The molecule has 0 aliphatic carbocycles. The van der Waals surface area contributed by atoms with Gasteiger partial charge in [-0.05, 0) is 19.1 Å². The van der Waals surface area contributed by atoms with Gasteiger partial charge in [0.2, 0.25) is 5.76 Å². The van der Waals surface area contributed by atoms with Crippen LogP contribution in [-0.4, -0.2) is 13.6 Å². The topological polar surface area (TPSA) is 73.3 Å². The molecule has 0 radical (unpaired) electrons. The predicted molar refractivity (Wildman–Crippen MR) is 52.0 cm³/mol. The Hall–Kier alpha value is -1.27. The largest absolute Gasteiger partial charge is 0.458 e. The summed E-state index contributed by atoms with van der Waals surface area (Å²) in [6, 6.07) is 3.27. The number of aryl methyl sites for hydroxylation is 1. The van der Waals surface area contributed by atoms with Gasteiger partial charge in [-0.2, -0.15) is 0 Å². The molecular formula is C8H6ClNO4S. The normalized spacial score (nSPS) is 11.9. The zero-order valence-corrected chi connectivity index (χ0v) is 9.17. The second-order valence-electron chi connectivity index (χ2n) is 2.87. The van der Waals surface area contributed by atoms with Crippen molar-refractivity contribution in [2.45, 2.75) is 11.8 Å². The van der Waals surface area contributed by atoms with Crippen LogP contribution < -0.4 is 0 Å². The van der Waals surface area contributed by atoms with E-state index in [9.17, 15) is 8.42 Å². The summed E-state index contributed by atoms with van der Waals surface area (Å²) < 4.78 is 32.2. The van der Waals surface area contributed by atoms with E-state index in [4.69, 9.17) is 19.6 Å². The third-order valence-electron chi connectivity index (χ3n) is 1.76. The first-order valence-corrected chi connectivity index (χ1v) is 6.25. The van der Waals surface area contributed by atoms with Gasteiger partial charge >= 0.3 is 0 Å². The second kappa shape index (κ2) is 3.39. The van der Waals surface area contributed by atoms with E-state index in [0.29, 0.717) is 5.76 Å². The first kappa shape index (κ1) is 10.3. The Morgan fingerprint density at radius 3 is 2.67 bits per heavy atom. The van der Waals surface area contributed by atoms with Crippen molar-refractivity contribution < 1.29 is 17.4 Å². The molecule has 7 heteroatoms. The summed E-state index contributed by atoms with van der Waals surface area (Å²) >= 11 is 0. The smallest absolute Gasteiger partial charge is 0.266 e. The molecule has 2 heterocycles. The van der Waals surface area contributed by atoms with Crippen molar-refractivity contribution >= 4 is 19.7 Å². The van der Waals surface area contributed by atoms with E-state index in [0.717, 1.165) is 6.20 Å². The molecule has 2 aromatic heterocycles. The maximum absolute atomic E-state index is 11.1. The molecule has 0 amide bonds. The standard InChI is InChI=1S/C8H6ClNO4S/c1-5-2-3-6(13-5)8-7(4-10-14-8)15(9,11)12/h2-4H,1H3. The zero-order valence-electron chi connectivity index (χ0n) is 7.60. The van der Waals surface area contributed by atoms with E-state index in [2.05, 4.69) is 5.16 Å². The van der Waals surface area contributed by atoms with E-state index < -0.39 is 9.05 Å². The van der Waals surface area contributed by atoms with Gasteiger partial charge in [-0.15, -0.1) is 0 Å². The maximum Gasteiger partial charge on any atom is 0.266 e. The van der Waals surface area contributed by atoms with Gasteiger partial charge in [-0.1, -0.05) is 5.16 Å². The molecule has 5 nitrogen and oxygen atoms in total. The van der Waals surface area contributed by atoms with Crippen molar-refractivity contribution in [1.82, 2.24) is 5.16 Å². The van der Waals surface area contributed by atoms with Gasteiger partial charge < -0.3 is 8.94 Å². The molecule has 0 bridgehead atoms. The molecule has 80 valence electrons. The van der Waals surface area contributed by atoms with E-state index >= 15 is 0 Å². The molecule has 0 spiro atoms. The molecule has 2 rings (SSSR count). The van der Waals surface area contributed by atoms with Crippen LogP contribution >= 0.6 is 10.7 Å². The molecule has 0 aliphatic rings. The lowest BCUT2D eigenvalue weighted by Gasteiger charge is -1.92. The van der Waals surface area contributed by atoms with Crippen LogP contribution in [0.3, 0.4) is 0 Å². The van der Waals surface area contributed by atoms with Crippen molar-refractivity contribution in [1.29, 1.82) is 0 Å². The highest BCUT2D eigenvalue weighted by molar-refractivity contribution is 8.13. The lowest BCUT2D eigenvalue weighted by molar-refractivity contribution is 0.413. The van der Waals surface area contributed by atoms with Crippen molar-refractivity contribution in [2.75, 3.05) is 0 Å². The lowest BCUT2D eigenvalue weighted by Crippen LogP contribution is -1.89. The van der Waals surface area contributed by atoms with Crippen molar-refractivity contribution in [3.05, 3.63) is 24.1 Å². The molecule has 15 heavy (non-hydrogen) atoms. The Balaban J connectivity index is 2.60. The fourth-order valence-electron chi connectivity index (χ4n) is 1.13. The molecular weight excluding hydrogens is 242 g/mol. The van der Waals surface area contributed by atoms with E-state index in [-0.39, 0.29) is 16.4 Å². The Labute approximate surface area is 90.0 Å². The highest BCUT2D eigenvalue weighted by Gasteiger charge is 2.23. The summed E-state index contributed by atoms with van der Waals surface area (Å²) in [7, 11) is 1.32. The van der Waals surface area contributed by atoms with Gasteiger partial charge in [0, 0.05) is 10.7 Å². The first-order valence-electron chi connectivity index (χ1n) is 3.94. The van der Waals surface area contributed by atoms with Crippen LogP contribution in [0.15, 0.2) is 32.2 Å². The number of nitrogens with zero attached hydrogens (tertiary/aromatic N) is 1. The van der Waals surface area contributed by atoms with Crippen LogP contribution in [0.1, 0.15) is 5.76 Å². The van der Waals surface area contributed by atoms with Gasteiger partial charge in [0.25, 0.3) is 9.05 Å². The van der Waals surface area contributed by atoms with Gasteiger partial charge in [-0.3, -0.25) is 0 Å². The van der Waals surface area contributed by atoms with Gasteiger partial charge in [0.05, 0.1) is 6.20 Å². The molecule has 0 saturated heterocycles. The predicted octanol–water partition coefficient (Wildman–Crippen LogP) is 2.17. The average Bonchev–Trinajstić information content (AvgIpc) is 2.68. The van der Waals surface area contributed by atoms with Gasteiger partial charge in [0.15, 0.2) is 10.7 Å². The van der Waals surface area contributed by atoms with Gasteiger partial charge in [0.1, 0.15) is 5.76 Å². The van der Waals surface area contributed by atoms with Crippen LogP contribution in [0.25, 0.3) is 11.5 Å². The molecule has 0 aliphatic heterocycles. The first-order chi connectivity index (χ1) is 6.98. The number of hydrogen-bond acceptors (Lipinski definition) is 5. The maximum atomic E-state index is 11.1. The van der Waals surface area contributed by atoms with E-state index in [1.807, 2.05) is 0 Å². The highest BCUT2D eigenvalue weighted by Crippen LogP contribution is 2.30. The summed E-state index contributed by atoms with van der Waals surface area (Å²) in [4.78, 5) is -0.196. The molecule has 0 aromatic carbocycles. The minimum Gasteiger partial charge on any atom is -0.458 e. The molecule has 2 aromatic rings. The summed E-state index contributed by atoms with van der Waals surface area (Å²) in [6.07, 6.45) is 1.04. The van der Waals surface area contributed by atoms with E-state index in [1.54, 1.807) is 19.1 Å². The fraction of sp³-hybridized carbons (Fsp3) is 0.125. The fourth-order valence-corrected chi connectivity index (χ4v) is 1.99. The van der Waals surface area contributed by atoms with Crippen LogP contribution in [0.5, 0.6) is 0 Å². The molecule has 0 unspecified atom stereocenters. The Bertz CT molecular complexity index is 583. The summed E-state index contributed by atoms with van der Waals surface area (Å²) in [5, 5.41) is 3.38. The third-order valence-corrected chi connectivity index (χ3v) is 3.08. The molecule has 0 saturated carbocycles. The summed E-state index contributed by atoms with van der Waals surface area (Å²) in [6.45, 7) is 1.73. The number of halogens is 1. The van der Waals surface area contributed by atoms with E-state index in [1.165, 1.54) is 0 Å². The minimum absolute atomic E-state index is 0.0121. The molecule has 0 fully saturated rings. The SMILES string of the molecule is Cc1ccc(-c2oncc2S(=O)(=O)Cl)o1. The highest BCUT2D eigenvalue weighted by atomic mass is 35.7. The summed E-state index contributed by atoms with van der Waals surface area (Å²) in [5.74, 6) is 0.932. The number of rotatable bonds is 2. The zero-order chi connectivity index (χ0) is 11.1. The minimum atomic E-state index is -3.87. The van der Waals surface area contributed by atoms with Crippen molar-refractivity contribution in [2.24, 2.45) is 0 Å². The molecule has 0 N–H and O–H groups in total.